The van der Waals surface area contributed by atoms with Crippen LogP contribution in [0.25, 0.3) is 0 Å². The van der Waals surface area contributed by atoms with Crippen LogP contribution in [0.15, 0.2) is 6.20 Å². The summed E-state index contributed by atoms with van der Waals surface area (Å²) in [5, 5.41) is 19.2. The number of aromatic nitrogens is 1. The van der Waals surface area contributed by atoms with Crippen molar-refractivity contribution in [1.82, 2.24) is 4.98 Å². The molecule has 1 heterocycles. The fraction of sp³-hybridized carbons (Fsp3) is 0.143. The van der Waals surface area contributed by atoms with Gasteiger partial charge in [0.25, 0.3) is 0 Å². The van der Waals surface area contributed by atoms with Crippen LogP contribution in [0.3, 0.4) is 0 Å². The number of aliphatic hydroxyl groups excluding tert-OH is 1. The third kappa shape index (κ3) is 2.82. The van der Waals surface area contributed by atoms with Gasteiger partial charge in [-0.2, -0.15) is 0 Å². The van der Waals surface area contributed by atoms with E-state index in [1.54, 1.807) is 0 Å². The second-order valence-electron chi connectivity index (χ2n) is 2.19. The minimum Gasteiger partial charge on any atom is -0.543 e. The van der Waals surface area contributed by atoms with Gasteiger partial charge >= 0.3 is 29.6 Å². The zero-order valence-electron chi connectivity index (χ0n) is 7.25. The van der Waals surface area contributed by atoms with E-state index in [-0.39, 0.29) is 45.2 Å². The summed E-state index contributed by atoms with van der Waals surface area (Å²) in [7, 11) is 0. The van der Waals surface area contributed by atoms with Crippen molar-refractivity contribution in [3.8, 4) is 0 Å². The minimum absolute atomic E-state index is 0. The van der Waals surface area contributed by atoms with Gasteiger partial charge in [-0.3, -0.25) is 4.98 Å². The molecule has 0 unspecified atom stereocenters. The Balaban J connectivity index is 0.00000169. The Morgan fingerprint density at radius 3 is 2.57 bits per heavy atom. The number of carbonyl (C=O) groups is 1. The Bertz CT molecular complexity index is 359. The third-order valence-electron chi connectivity index (χ3n) is 1.42. The van der Waals surface area contributed by atoms with Crippen molar-refractivity contribution >= 4 is 29.2 Å². The molecule has 0 amide bonds. The van der Waals surface area contributed by atoms with Crippen LogP contribution in [0, 0.1) is 0 Å². The Morgan fingerprint density at radius 1 is 1.57 bits per heavy atom. The fourth-order valence-corrected chi connectivity index (χ4v) is 1.33. The molecule has 1 aromatic rings. The van der Waals surface area contributed by atoms with Crippen LogP contribution >= 0.6 is 23.2 Å². The van der Waals surface area contributed by atoms with E-state index in [1.807, 2.05) is 0 Å². The van der Waals surface area contributed by atoms with E-state index in [2.05, 4.69) is 4.98 Å². The van der Waals surface area contributed by atoms with Crippen molar-refractivity contribution in [1.29, 1.82) is 0 Å². The number of carboxylic acid groups (broad SMARTS) is 1. The topological polar surface area (TPSA) is 73.2 Å². The number of pyridine rings is 1. The Kier molecular flexibility index (Phi) is 5.97. The molecule has 0 saturated heterocycles. The van der Waals surface area contributed by atoms with Crippen LogP contribution in [-0.2, 0) is 6.61 Å². The number of carboxylic acids is 1. The van der Waals surface area contributed by atoms with Gasteiger partial charge in [0.15, 0.2) is 0 Å². The Labute approximate surface area is 112 Å². The first-order chi connectivity index (χ1) is 6.07. The Morgan fingerprint density at radius 2 is 2.14 bits per heavy atom. The van der Waals surface area contributed by atoms with E-state index < -0.39 is 18.3 Å². The SMILES string of the molecule is O=C([O-])c1ncc(Cl)c(CO)c1Cl.[Na+]. The standard InChI is InChI=1S/C7H5Cl2NO3.Na/c8-4-1-10-6(7(12)13)5(9)3(4)2-11;/h1,11H,2H2,(H,12,13);/q;+1/p-1. The van der Waals surface area contributed by atoms with Crippen molar-refractivity contribution in [2.75, 3.05) is 0 Å². The zero-order chi connectivity index (χ0) is 10.0. The van der Waals surface area contributed by atoms with Gasteiger partial charge in [0.1, 0.15) is 5.69 Å². The number of aromatic carboxylic acids is 1. The summed E-state index contributed by atoms with van der Waals surface area (Å²) in [4.78, 5) is 13.9. The molecule has 0 aliphatic heterocycles. The van der Waals surface area contributed by atoms with Crippen LogP contribution in [0.1, 0.15) is 16.1 Å². The first kappa shape index (κ1) is 14.2. The number of aliphatic hydroxyl groups is 1. The number of rotatable bonds is 2. The molecule has 0 aromatic carbocycles. The number of nitrogens with zero attached hydrogens (tertiary/aromatic N) is 1. The van der Waals surface area contributed by atoms with Crippen LogP contribution in [-0.4, -0.2) is 16.1 Å². The molecular weight excluding hydrogens is 240 g/mol. The van der Waals surface area contributed by atoms with E-state index in [0.29, 0.717) is 0 Å². The minimum atomic E-state index is -1.50. The average Bonchev–Trinajstić information content (AvgIpc) is 2.04. The quantitative estimate of drug-likeness (QED) is 0.572. The van der Waals surface area contributed by atoms with Gasteiger partial charge in [0, 0.05) is 11.8 Å². The molecule has 1 aromatic heterocycles. The first-order valence-electron chi connectivity index (χ1n) is 3.23. The predicted octanol–water partition coefficient (Wildman–Crippen LogP) is -2.75. The summed E-state index contributed by atoms with van der Waals surface area (Å²) in [6.45, 7) is -0.444. The molecular formula is C7H4Cl2NNaO3. The maximum absolute atomic E-state index is 10.4. The smallest absolute Gasteiger partial charge is 0.543 e. The van der Waals surface area contributed by atoms with Crippen LogP contribution < -0.4 is 34.7 Å². The first-order valence-corrected chi connectivity index (χ1v) is 3.98. The molecule has 4 nitrogen and oxygen atoms in total. The van der Waals surface area contributed by atoms with Crippen LogP contribution in [0.4, 0.5) is 0 Å². The number of hydrogen-bond acceptors (Lipinski definition) is 4. The molecule has 1 N–H and O–H groups in total. The third-order valence-corrected chi connectivity index (χ3v) is 2.15. The van der Waals surface area contributed by atoms with Gasteiger partial charge in [0.2, 0.25) is 0 Å². The average molecular weight is 244 g/mol. The second-order valence-corrected chi connectivity index (χ2v) is 2.98. The number of hydrogen-bond donors (Lipinski definition) is 1. The maximum atomic E-state index is 10.4. The molecule has 0 aliphatic rings. The molecule has 0 saturated carbocycles. The molecule has 0 fully saturated rings. The molecule has 14 heavy (non-hydrogen) atoms. The predicted molar refractivity (Wildman–Crippen MR) is 44.5 cm³/mol. The summed E-state index contributed by atoms with van der Waals surface area (Å²) in [6.07, 6.45) is 1.10. The van der Waals surface area contributed by atoms with Gasteiger partial charge in [-0.1, -0.05) is 23.2 Å². The fourth-order valence-electron chi connectivity index (χ4n) is 0.791. The molecule has 0 spiro atoms. The van der Waals surface area contributed by atoms with Gasteiger partial charge in [-0.05, 0) is 0 Å². The normalized spacial score (nSPS) is 9.36. The monoisotopic (exact) mass is 243 g/mol. The molecule has 0 bridgehead atoms. The van der Waals surface area contributed by atoms with E-state index in [0.717, 1.165) is 6.20 Å². The molecule has 1 rings (SSSR count). The van der Waals surface area contributed by atoms with Crippen molar-refractivity contribution < 1.29 is 44.6 Å². The van der Waals surface area contributed by atoms with Gasteiger partial charge < -0.3 is 15.0 Å². The zero-order valence-corrected chi connectivity index (χ0v) is 10.8. The van der Waals surface area contributed by atoms with Crippen molar-refractivity contribution in [3.63, 3.8) is 0 Å². The van der Waals surface area contributed by atoms with E-state index in [9.17, 15) is 9.90 Å². The van der Waals surface area contributed by atoms with Crippen molar-refractivity contribution in [2.45, 2.75) is 6.61 Å². The Hall–Kier alpha value is 0.160. The van der Waals surface area contributed by atoms with Crippen LogP contribution in [0.2, 0.25) is 10.0 Å². The van der Waals surface area contributed by atoms with Crippen molar-refractivity contribution in [3.05, 3.63) is 27.5 Å². The van der Waals surface area contributed by atoms with Crippen LogP contribution in [0.5, 0.6) is 0 Å². The summed E-state index contributed by atoms with van der Waals surface area (Å²) in [5.74, 6) is -1.50. The maximum Gasteiger partial charge on any atom is 1.00 e. The van der Waals surface area contributed by atoms with Gasteiger partial charge in [-0.15, -0.1) is 0 Å². The molecule has 7 heteroatoms. The summed E-state index contributed by atoms with van der Waals surface area (Å²) >= 11 is 11.2. The van der Waals surface area contributed by atoms with Gasteiger partial charge in [0.05, 0.1) is 22.6 Å². The number of carbonyl (C=O) groups excluding carboxylic acids is 1. The van der Waals surface area contributed by atoms with Gasteiger partial charge in [-0.25, -0.2) is 0 Å². The van der Waals surface area contributed by atoms with E-state index >= 15 is 0 Å². The van der Waals surface area contributed by atoms with E-state index in [1.165, 1.54) is 0 Å². The molecule has 70 valence electrons. The van der Waals surface area contributed by atoms with E-state index in [4.69, 9.17) is 28.3 Å². The number of halogens is 2. The molecule has 0 radical (unpaired) electrons. The summed E-state index contributed by atoms with van der Waals surface area (Å²) in [5.41, 5.74) is -0.285. The summed E-state index contributed by atoms with van der Waals surface area (Å²) in [6, 6.07) is 0. The van der Waals surface area contributed by atoms with Crippen molar-refractivity contribution in [2.24, 2.45) is 0 Å². The molecule has 0 aliphatic carbocycles. The second kappa shape index (κ2) is 5.90. The largest absolute Gasteiger partial charge is 1.00 e. The summed E-state index contributed by atoms with van der Waals surface area (Å²) < 4.78 is 0. The molecule has 0 atom stereocenters.